The molecule has 6 nitrogen and oxygen atoms in total. The first kappa shape index (κ1) is 22.3. The summed E-state index contributed by atoms with van der Waals surface area (Å²) in [4.78, 5) is 12.0. The van der Waals surface area contributed by atoms with Crippen molar-refractivity contribution in [2.75, 3.05) is 26.3 Å². The van der Waals surface area contributed by atoms with Crippen molar-refractivity contribution >= 4 is 31.9 Å². The summed E-state index contributed by atoms with van der Waals surface area (Å²) in [6, 6.07) is 10.2. The van der Waals surface area contributed by atoms with E-state index in [1.165, 1.54) is 4.31 Å². The van der Waals surface area contributed by atoms with Gasteiger partial charge in [-0.15, -0.1) is 0 Å². The van der Waals surface area contributed by atoms with E-state index in [0.29, 0.717) is 5.75 Å². The number of halogens is 2. The second kappa shape index (κ2) is 9.99. The Balaban J connectivity index is 2.03. The van der Waals surface area contributed by atoms with Crippen LogP contribution in [0.25, 0.3) is 0 Å². The normalized spacial score (nSPS) is 11.5. The molecule has 0 amide bonds. The number of carbonyl (C=O) groups is 1. The van der Waals surface area contributed by atoms with Gasteiger partial charge in [0.05, 0.1) is 10.5 Å². The molecule has 0 N–H and O–H groups in total. The predicted octanol–water partition coefficient (Wildman–Crippen LogP) is 3.85. The van der Waals surface area contributed by atoms with Gasteiger partial charge in [0.1, 0.15) is 24.8 Å². The molecule has 0 spiro atoms. The van der Waals surface area contributed by atoms with Gasteiger partial charge in [0.25, 0.3) is 0 Å². The summed E-state index contributed by atoms with van der Waals surface area (Å²) < 4.78 is 51.7. The summed E-state index contributed by atoms with van der Waals surface area (Å²) in [5, 5.41) is 0. The third kappa shape index (κ3) is 5.52. The minimum absolute atomic E-state index is 0.0758. The zero-order valence-electron chi connectivity index (χ0n) is 15.5. The van der Waals surface area contributed by atoms with E-state index in [9.17, 15) is 17.6 Å². The minimum Gasteiger partial charge on any atom is -0.490 e. The first-order valence-electron chi connectivity index (χ1n) is 8.64. The van der Waals surface area contributed by atoms with Gasteiger partial charge in [-0.3, -0.25) is 0 Å². The monoisotopic (exact) mass is 473 g/mol. The van der Waals surface area contributed by atoms with E-state index < -0.39 is 27.4 Å². The number of rotatable bonds is 9. The highest BCUT2D eigenvalue weighted by Crippen LogP contribution is 2.20. The maximum absolute atomic E-state index is 14.0. The van der Waals surface area contributed by atoms with Crippen molar-refractivity contribution in [3.05, 3.63) is 58.3 Å². The van der Waals surface area contributed by atoms with Crippen LogP contribution in [0.4, 0.5) is 4.39 Å². The number of benzene rings is 2. The van der Waals surface area contributed by atoms with E-state index in [1.807, 2.05) is 0 Å². The molecule has 28 heavy (non-hydrogen) atoms. The summed E-state index contributed by atoms with van der Waals surface area (Å²) in [7, 11) is -3.81. The van der Waals surface area contributed by atoms with Gasteiger partial charge in [-0.25, -0.2) is 17.6 Å². The molecule has 152 valence electrons. The van der Waals surface area contributed by atoms with Crippen LogP contribution in [0, 0.1) is 5.82 Å². The molecule has 0 aliphatic carbocycles. The number of carbonyl (C=O) groups excluding carboxylic acids is 1. The zero-order valence-corrected chi connectivity index (χ0v) is 17.9. The van der Waals surface area contributed by atoms with Gasteiger partial charge in [-0.1, -0.05) is 29.8 Å². The highest BCUT2D eigenvalue weighted by Gasteiger charge is 2.24. The molecule has 0 radical (unpaired) electrons. The summed E-state index contributed by atoms with van der Waals surface area (Å²) in [6.45, 7) is 3.90. The number of nitrogens with zero attached hydrogens (tertiary/aromatic N) is 1. The van der Waals surface area contributed by atoms with Gasteiger partial charge in [0, 0.05) is 17.6 Å². The topological polar surface area (TPSA) is 72.9 Å². The summed E-state index contributed by atoms with van der Waals surface area (Å²) >= 11 is 3.31. The lowest BCUT2D eigenvalue weighted by Crippen LogP contribution is -2.30. The average Bonchev–Trinajstić information content (AvgIpc) is 2.67. The second-order valence-electron chi connectivity index (χ2n) is 5.67. The predicted molar refractivity (Wildman–Crippen MR) is 106 cm³/mol. The Morgan fingerprint density at radius 2 is 1.71 bits per heavy atom. The Labute approximate surface area is 172 Å². The maximum atomic E-state index is 14.0. The van der Waals surface area contributed by atoms with Crippen LogP contribution in [0.2, 0.25) is 0 Å². The molecule has 0 fully saturated rings. The van der Waals surface area contributed by atoms with Crippen LogP contribution in [-0.4, -0.2) is 45.0 Å². The van der Waals surface area contributed by atoms with E-state index >= 15 is 0 Å². The number of ether oxygens (including phenoxy) is 2. The van der Waals surface area contributed by atoms with Crippen molar-refractivity contribution in [2.24, 2.45) is 0 Å². The van der Waals surface area contributed by atoms with Crippen molar-refractivity contribution in [1.29, 1.82) is 0 Å². The quantitative estimate of drug-likeness (QED) is 0.408. The molecule has 0 aliphatic rings. The molecule has 2 aromatic rings. The number of hydrogen-bond donors (Lipinski definition) is 0. The SMILES string of the molecule is CCN(CC)S(=O)(=O)c1ccc(F)c(C(=O)OCCOc2ccc(Br)cc2)c1. The Hall–Kier alpha value is -1.97. The number of esters is 1. The van der Waals surface area contributed by atoms with Crippen molar-refractivity contribution in [3.8, 4) is 5.75 Å². The molecule has 0 aromatic heterocycles. The lowest BCUT2D eigenvalue weighted by molar-refractivity contribution is 0.0445. The minimum atomic E-state index is -3.81. The van der Waals surface area contributed by atoms with Gasteiger partial charge in [0.2, 0.25) is 10.0 Å². The molecular weight excluding hydrogens is 453 g/mol. The van der Waals surface area contributed by atoms with Crippen molar-refractivity contribution in [2.45, 2.75) is 18.7 Å². The van der Waals surface area contributed by atoms with Gasteiger partial charge in [0.15, 0.2) is 0 Å². The first-order valence-corrected chi connectivity index (χ1v) is 10.9. The lowest BCUT2D eigenvalue weighted by Gasteiger charge is -2.18. The van der Waals surface area contributed by atoms with Gasteiger partial charge < -0.3 is 9.47 Å². The van der Waals surface area contributed by atoms with Crippen LogP contribution in [0.1, 0.15) is 24.2 Å². The molecule has 0 unspecified atom stereocenters. The molecule has 0 atom stereocenters. The van der Waals surface area contributed by atoms with Crippen LogP contribution >= 0.6 is 15.9 Å². The van der Waals surface area contributed by atoms with Crippen LogP contribution in [0.3, 0.4) is 0 Å². The first-order chi connectivity index (χ1) is 13.3. The molecule has 0 heterocycles. The molecule has 0 saturated carbocycles. The van der Waals surface area contributed by atoms with Gasteiger partial charge in [-0.05, 0) is 42.5 Å². The molecule has 0 aliphatic heterocycles. The number of sulfonamides is 1. The Kier molecular flexibility index (Phi) is 7.97. The van der Waals surface area contributed by atoms with Gasteiger partial charge >= 0.3 is 5.97 Å². The Morgan fingerprint density at radius 1 is 1.07 bits per heavy atom. The molecular formula is C19H21BrFNO5S. The number of hydrogen-bond acceptors (Lipinski definition) is 5. The van der Waals surface area contributed by atoms with Crippen molar-refractivity contribution in [1.82, 2.24) is 4.31 Å². The summed E-state index contributed by atoms with van der Waals surface area (Å²) in [5.74, 6) is -1.21. The zero-order chi connectivity index (χ0) is 20.7. The Morgan fingerprint density at radius 3 is 2.32 bits per heavy atom. The summed E-state index contributed by atoms with van der Waals surface area (Å²) in [6.07, 6.45) is 0. The van der Waals surface area contributed by atoms with Crippen molar-refractivity contribution in [3.63, 3.8) is 0 Å². The maximum Gasteiger partial charge on any atom is 0.341 e. The van der Waals surface area contributed by atoms with E-state index in [-0.39, 0.29) is 31.2 Å². The molecule has 0 bridgehead atoms. The van der Waals surface area contributed by atoms with Crippen LogP contribution in [-0.2, 0) is 14.8 Å². The highest BCUT2D eigenvalue weighted by atomic mass is 79.9. The Bertz CT molecular complexity index is 914. The fourth-order valence-electron chi connectivity index (χ4n) is 2.44. The third-order valence-electron chi connectivity index (χ3n) is 3.90. The van der Waals surface area contributed by atoms with E-state index in [0.717, 1.165) is 22.7 Å². The van der Waals surface area contributed by atoms with Crippen LogP contribution in [0.15, 0.2) is 51.8 Å². The second-order valence-corrected chi connectivity index (χ2v) is 8.52. The molecule has 0 saturated heterocycles. The van der Waals surface area contributed by atoms with Crippen LogP contribution < -0.4 is 4.74 Å². The molecule has 2 aromatic carbocycles. The average molecular weight is 474 g/mol. The lowest BCUT2D eigenvalue weighted by atomic mass is 10.2. The smallest absolute Gasteiger partial charge is 0.341 e. The third-order valence-corrected chi connectivity index (χ3v) is 6.47. The fourth-order valence-corrected chi connectivity index (χ4v) is 4.19. The molecule has 9 heteroatoms. The van der Waals surface area contributed by atoms with Crippen molar-refractivity contribution < 1.29 is 27.1 Å². The van der Waals surface area contributed by atoms with Gasteiger partial charge in [-0.2, -0.15) is 4.31 Å². The summed E-state index contributed by atoms with van der Waals surface area (Å²) in [5.41, 5.74) is -0.433. The highest BCUT2D eigenvalue weighted by molar-refractivity contribution is 9.10. The fraction of sp³-hybridized carbons (Fsp3) is 0.316. The standard InChI is InChI=1S/C19H21BrFNO5S/c1-3-22(4-2)28(24,25)16-9-10-18(21)17(13-16)19(23)27-12-11-26-15-7-5-14(20)6-8-15/h5-10,13H,3-4,11-12H2,1-2H3. The van der Waals surface area contributed by atoms with Crippen LogP contribution in [0.5, 0.6) is 5.75 Å². The van der Waals surface area contributed by atoms with E-state index in [1.54, 1.807) is 38.1 Å². The largest absolute Gasteiger partial charge is 0.490 e. The molecule has 2 rings (SSSR count). The van der Waals surface area contributed by atoms with E-state index in [2.05, 4.69) is 15.9 Å². The van der Waals surface area contributed by atoms with E-state index in [4.69, 9.17) is 9.47 Å².